The van der Waals surface area contributed by atoms with Gasteiger partial charge in [0.1, 0.15) is 11.4 Å². The highest BCUT2D eigenvalue weighted by molar-refractivity contribution is 6.29. The number of aliphatic hydroxyl groups is 1. The summed E-state index contributed by atoms with van der Waals surface area (Å²) in [4.78, 5) is 9.25. The lowest BCUT2D eigenvalue weighted by molar-refractivity contribution is 0.00980. The van der Waals surface area contributed by atoms with Crippen molar-refractivity contribution in [2.45, 2.75) is 102 Å². The quantitative estimate of drug-likeness (QED) is 0.161. The highest BCUT2D eigenvalue weighted by atomic mass is 35.5. The zero-order valence-corrected chi connectivity index (χ0v) is 25.5. The van der Waals surface area contributed by atoms with Gasteiger partial charge in [0.2, 0.25) is 5.88 Å². The first-order valence-electron chi connectivity index (χ1n) is 15.1. The second-order valence-electron chi connectivity index (χ2n) is 12.7. The molecule has 3 fully saturated rings. The van der Waals surface area contributed by atoms with Crippen LogP contribution in [0.1, 0.15) is 77.5 Å². The standard InChI is InChI=1S/C31H49ClN4O3/c1-18-19(2)27(39-14-8-7-13-35(4)5)12-10-22(18)20(3)36-25-11-9-23-26(36)17-24(30(23)25)33-31(37)21-15-28(32)34-29(16-21)38-6/h15-16,19-20,23-27,30-31,33,37H,7-14,17H2,1-6H3. The molecule has 8 heteroatoms. The zero-order valence-electron chi connectivity index (χ0n) is 24.7. The van der Waals surface area contributed by atoms with Crippen molar-refractivity contribution in [3.05, 3.63) is 34.0 Å². The number of hydrogen-bond acceptors (Lipinski definition) is 7. The van der Waals surface area contributed by atoms with Gasteiger partial charge in [-0.15, -0.1) is 0 Å². The van der Waals surface area contributed by atoms with Crippen LogP contribution in [0.2, 0.25) is 5.15 Å². The predicted octanol–water partition coefficient (Wildman–Crippen LogP) is 5.04. The topological polar surface area (TPSA) is 70.1 Å². The van der Waals surface area contributed by atoms with E-state index < -0.39 is 6.23 Å². The molecule has 0 radical (unpaired) electrons. The van der Waals surface area contributed by atoms with E-state index in [0.717, 1.165) is 44.8 Å². The molecule has 0 amide bonds. The SMILES string of the molecule is COc1cc(C(O)NC2CC3C4CCC(C24)N3C(C)C2=C(C)C(C)C(OCCCCN(C)C)CC2)cc(Cl)n1. The maximum atomic E-state index is 11.0. The van der Waals surface area contributed by atoms with E-state index in [2.05, 4.69) is 55.0 Å². The van der Waals surface area contributed by atoms with Gasteiger partial charge in [0.15, 0.2) is 0 Å². The Morgan fingerprint density at radius 3 is 2.72 bits per heavy atom. The van der Waals surface area contributed by atoms with Crippen molar-refractivity contribution in [1.82, 2.24) is 20.1 Å². The Balaban J connectivity index is 1.20. The Kier molecular flexibility index (Phi) is 9.26. The molecule has 0 spiro atoms. The van der Waals surface area contributed by atoms with Crippen molar-refractivity contribution in [1.29, 1.82) is 0 Å². The third-order valence-corrected chi connectivity index (χ3v) is 10.6. The predicted molar refractivity (Wildman–Crippen MR) is 156 cm³/mol. The summed E-state index contributed by atoms with van der Waals surface area (Å²) in [6, 6.07) is 5.45. The van der Waals surface area contributed by atoms with Crippen LogP contribution in [-0.2, 0) is 4.74 Å². The Morgan fingerprint density at radius 2 is 2.00 bits per heavy atom. The second kappa shape index (κ2) is 12.3. The van der Waals surface area contributed by atoms with Crippen LogP contribution in [0.4, 0.5) is 0 Å². The van der Waals surface area contributed by atoms with E-state index in [1.54, 1.807) is 30.4 Å². The molecule has 5 rings (SSSR count). The average Bonchev–Trinajstić information content (AvgIpc) is 3.57. The number of rotatable bonds is 12. The summed E-state index contributed by atoms with van der Waals surface area (Å²) in [5.41, 5.74) is 3.91. The molecule has 2 N–H and O–H groups in total. The van der Waals surface area contributed by atoms with Gasteiger partial charge < -0.3 is 19.5 Å². The fraction of sp³-hybridized carbons (Fsp3) is 0.774. The van der Waals surface area contributed by atoms with Crippen LogP contribution in [0.5, 0.6) is 5.88 Å². The summed E-state index contributed by atoms with van der Waals surface area (Å²) in [5.74, 6) is 2.22. The molecule has 2 heterocycles. The molecule has 39 heavy (non-hydrogen) atoms. The van der Waals surface area contributed by atoms with Gasteiger partial charge in [-0.2, -0.15) is 0 Å². The summed E-state index contributed by atoms with van der Waals surface area (Å²) in [5, 5.41) is 14.9. The highest BCUT2D eigenvalue weighted by Gasteiger charge is 2.62. The van der Waals surface area contributed by atoms with Crippen LogP contribution in [-0.4, -0.2) is 84.5 Å². The number of aromatic nitrogens is 1. The maximum Gasteiger partial charge on any atom is 0.214 e. The third kappa shape index (κ3) is 5.91. The van der Waals surface area contributed by atoms with Gasteiger partial charge in [0.05, 0.1) is 13.2 Å². The average molecular weight is 561 g/mol. The van der Waals surface area contributed by atoms with Gasteiger partial charge in [0.25, 0.3) is 0 Å². The van der Waals surface area contributed by atoms with Crippen molar-refractivity contribution in [3.8, 4) is 5.88 Å². The minimum Gasteiger partial charge on any atom is -0.481 e. The number of halogens is 1. The fourth-order valence-electron chi connectivity index (χ4n) is 8.41. The van der Waals surface area contributed by atoms with E-state index in [-0.39, 0.29) is 0 Å². The van der Waals surface area contributed by atoms with Gasteiger partial charge in [-0.3, -0.25) is 10.2 Å². The van der Waals surface area contributed by atoms with Gasteiger partial charge in [-0.25, -0.2) is 4.98 Å². The van der Waals surface area contributed by atoms with Crippen molar-refractivity contribution in [2.24, 2.45) is 17.8 Å². The zero-order chi connectivity index (χ0) is 27.8. The molecular formula is C31H49ClN4O3. The van der Waals surface area contributed by atoms with E-state index in [1.165, 1.54) is 19.3 Å². The molecular weight excluding hydrogens is 512 g/mol. The summed E-state index contributed by atoms with van der Waals surface area (Å²) in [7, 11) is 5.84. The molecule has 1 aliphatic heterocycles. The summed E-state index contributed by atoms with van der Waals surface area (Å²) < 4.78 is 11.6. The van der Waals surface area contributed by atoms with Crippen LogP contribution in [0.15, 0.2) is 23.3 Å². The largest absolute Gasteiger partial charge is 0.481 e. The minimum absolute atomic E-state index is 0.314. The number of piperidine rings is 2. The van der Waals surface area contributed by atoms with Crippen molar-refractivity contribution in [2.75, 3.05) is 34.4 Å². The van der Waals surface area contributed by atoms with Gasteiger partial charge in [-0.1, -0.05) is 29.7 Å². The molecule has 9 atom stereocenters. The Labute approximate surface area is 240 Å². The Hall–Kier alpha value is -1.22. The number of pyridine rings is 1. The van der Waals surface area contributed by atoms with E-state index in [9.17, 15) is 5.11 Å². The van der Waals surface area contributed by atoms with Crippen molar-refractivity contribution in [3.63, 3.8) is 0 Å². The Bertz CT molecular complexity index is 1030. The summed E-state index contributed by atoms with van der Waals surface area (Å²) in [6.45, 7) is 9.19. The molecule has 3 aliphatic carbocycles. The first-order valence-corrected chi connectivity index (χ1v) is 15.5. The van der Waals surface area contributed by atoms with E-state index in [0.29, 0.717) is 58.7 Å². The molecule has 218 valence electrons. The van der Waals surface area contributed by atoms with Gasteiger partial charge in [0, 0.05) is 48.3 Å². The number of methoxy groups -OCH3 is 1. The number of hydrogen-bond donors (Lipinski definition) is 2. The van der Waals surface area contributed by atoms with E-state index in [1.807, 2.05) is 0 Å². The van der Waals surface area contributed by atoms with Crippen LogP contribution < -0.4 is 10.1 Å². The molecule has 1 aromatic rings. The lowest BCUT2D eigenvalue weighted by atomic mass is 9.79. The van der Waals surface area contributed by atoms with Crippen LogP contribution in [0.25, 0.3) is 0 Å². The van der Waals surface area contributed by atoms with E-state index in [4.69, 9.17) is 21.1 Å². The molecule has 2 saturated carbocycles. The lowest BCUT2D eigenvalue weighted by Crippen LogP contribution is -2.54. The normalized spacial score (nSPS) is 33.8. The number of ether oxygens (including phenoxy) is 2. The van der Waals surface area contributed by atoms with Crippen LogP contribution >= 0.6 is 11.6 Å². The minimum atomic E-state index is -0.780. The van der Waals surface area contributed by atoms with Crippen molar-refractivity contribution >= 4 is 11.6 Å². The lowest BCUT2D eigenvalue weighted by Gasteiger charge is -2.46. The van der Waals surface area contributed by atoms with Gasteiger partial charge >= 0.3 is 0 Å². The smallest absolute Gasteiger partial charge is 0.214 e. The first kappa shape index (κ1) is 29.3. The number of unbranched alkanes of at least 4 members (excludes halogenated alkanes) is 1. The van der Waals surface area contributed by atoms with Crippen LogP contribution in [0, 0.1) is 17.8 Å². The molecule has 0 aromatic carbocycles. The molecule has 4 bridgehead atoms. The summed E-state index contributed by atoms with van der Waals surface area (Å²) >= 11 is 6.17. The number of likely N-dealkylation sites (tertiary alicyclic amines) is 1. The Morgan fingerprint density at radius 1 is 1.21 bits per heavy atom. The third-order valence-electron chi connectivity index (χ3n) is 10.4. The van der Waals surface area contributed by atoms with Crippen LogP contribution in [0.3, 0.4) is 0 Å². The molecule has 1 aromatic heterocycles. The van der Waals surface area contributed by atoms with Gasteiger partial charge in [-0.05, 0) is 97.3 Å². The first-order chi connectivity index (χ1) is 18.7. The van der Waals surface area contributed by atoms with E-state index >= 15 is 0 Å². The summed E-state index contributed by atoms with van der Waals surface area (Å²) in [6.07, 6.45) is 7.85. The number of nitrogens with zero attached hydrogens (tertiary/aromatic N) is 3. The molecule has 1 saturated heterocycles. The molecule has 9 unspecified atom stereocenters. The maximum absolute atomic E-state index is 11.0. The second-order valence-corrected chi connectivity index (χ2v) is 13.1. The highest BCUT2D eigenvalue weighted by Crippen LogP contribution is 2.57. The number of nitrogens with one attached hydrogen (secondary N) is 1. The van der Waals surface area contributed by atoms with Crippen molar-refractivity contribution < 1.29 is 14.6 Å². The molecule has 4 aliphatic rings. The number of aliphatic hydroxyl groups excluding tert-OH is 1. The molecule has 7 nitrogen and oxygen atoms in total. The fourth-order valence-corrected chi connectivity index (χ4v) is 8.62. The monoisotopic (exact) mass is 560 g/mol.